The fourth-order valence-corrected chi connectivity index (χ4v) is 3.99. The van der Waals surface area contributed by atoms with Crippen LogP contribution in [0.1, 0.15) is 45.1 Å². The van der Waals surface area contributed by atoms with Gasteiger partial charge in [-0.15, -0.1) is 0 Å². The highest BCUT2D eigenvalue weighted by atomic mass is 16.1. The topological polar surface area (TPSA) is 34.1 Å². The molecule has 0 N–H and O–H groups in total. The van der Waals surface area contributed by atoms with Crippen LogP contribution in [0.15, 0.2) is 42.0 Å². The van der Waals surface area contributed by atoms with Crippen molar-refractivity contribution in [2.45, 2.75) is 39.5 Å². The summed E-state index contributed by atoms with van der Waals surface area (Å²) in [6.45, 7) is 6.25. The van der Waals surface area contributed by atoms with Crippen molar-refractivity contribution >= 4 is 11.6 Å². The van der Waals surface area contributed by atoms with E-state index in [1.54, 1.807) is 6.08 Å². The van der Waals surface area contributed by atoms with Crippen LogP contribution in [0.25, 0.3) is 0 Å². The molecule has 0 spiro atoms. The molecule has 1 aromatic rings. The third kappa shape index (κ3) is 1.64. The zero-order chi connectivity index (χ0) is 14.5. The lowest BCUT2D eigenvalue weighted by Gasteiger charge is -2.44. The molecule has 3 rings (SSSR count). The molecule has 1 aromatic carbocycles. The Kier molecular flexibility index (Phi) is 2.75. The SMILES string of the molecule is CC1(C)CCC(=O)[C@]2(C)C1=CC(=O)[C@H]2c1ccccc1. The molecule has 2 nitrogen and oxygen atoms in total. The number of benzene rings is 1. The van der Waals surface area contributed by atoms with Gasteiger partial charge < -0.3 is 0 Å². The van der Waals surface area contributed by atoms with E-state index in [0.717, 1.165) is 17.6 Å². The van der Waals surface area contributed by atoms with Crippen molar-refractivity contribution in [2.24, 2.45) is 10.8 Å². The summed E-state index contributed by atoms with van der Waals surface area (Å²) in [4.78, 5) is 25.2. The molecular formula is C18H20O2. The first-order chi connectivity index (χ1) is 9.37. The summed E-state index contributed by atoms with van der Waals surface area (Å²) in [6, 6.07) is 9.72. The zero-order valence-corrected chi connectivity index (χ0v) is 12.3. The van der Waals surface area contributed by atoms with Crippen LogP contribution in [-0.4, -0.2) is 11.6 Å². The second-order valence-corrected chi connectivity index (χ2v) is 6.81. The number of allylic oxidation sites excluding steroid dienone is 2. The number of rotatable bonds is 1. The summed E-state index contributed by atoms with van der Waals surface area (Å²) in [7, 11) is 0. The van der Waals surface area contributed by atoms with Crippen LogP contribution >= 0.6 is 0 Å². The highest BCUT2D eigenvalue weighted by Gasteiger charge is 2.57. The van der Waals surface area contributed by atoms with Gasteiger partial charge in [0.05, 0.1) is 11.3 Å². The minimum Gasteiger partial charge on any atom is -0.299 e. The lowest BCUT2D eigenvalue weighted by atomic mass is 9.57. The molecule has 1 fully saturated rings. The maximum atomic E-state index is 12.6. The van der Waals surface area contributed by atoms with Gasteiger partial charge in [-0.3, -0.25) is 9.59 Å². The first-order valence-electron chi connectivity index (χ1n) is 7.22. The molecule has 2 heteroatoms. The average Bonchev–Trinajstić information content (AvgIpc) is 2.70. The third-order valence-corrected chi connectivity index (χ3v) is 5.13. The number of Topliss-reactive ketones (excluding diaryl/α,β-unsaturated/α-hetero) is 1. The van der Waals surface area contributed by atoms with Crippen molar-refractivity contribution in [3.63, 3.8) is 0 Å². The van der Waals surface area contributed by atoms with E-state index in [-0.39, 0.29) is 22.9 Å². The van der Waals surface area contributed by atoms with E-state index in [0.29, 0.717) is 6.42 Å². The van der Waals surface area contributed by atoms with E-state index in [9.17, 15) is 9.59 Å². The summed E-state index contributed by atoms with van der Waals surface area (Å²) >= 11 is 0. The number of carbonyl (C=O) groups excluding carboxylic acids is 2. The second-order valence-electron chi connectivity index (χ2n) is 6.81. The number of carbonyl (C=O) groups is 2. The molecule has 2 aliphatic rings. The maximum Gasteiger partial charge on any atom is 0.164 e. The van der Waals surface area contributed by atoms with Crippen molar-refractivity contribution in [3.05, 3.63) is 47.5 Å². The number of fused-ring (bicyclic) bond motifs is 1. The largest absolute Gasteiger partial charge is 0.299 e. The molecule has 2 atom stereocenters. The van der Waals surface area contributed by atoms with Crippen molar-refractivity contribution in [1.82, 2.24) is 0 Å². The van der Waals surface area contributed by atoms with Gasteiger partial charge in [-0.2, -0.15) is 0 Å². The van der Waals surface area contributed by atoms with E-state index < -0.39 is 5.41 Å². The van der Waals surface area contributed by atoms with Gasteiger partial charge in [-0.25, -0.2) is 0 Å². The molecule has 0 aromatic heterocycles. The van der Waals surface area contributed by atoms with Crippen LogP contribution < -0.4 is 0 Å². The van der Waals surface area contributed by atoms with Crippen LogP contribution in [0.5, 0.6) is 0 Å². The van der Waals surface area contributed by atoms with Crippen LogP contribution in [-0.2, 0) is 9.59 Å². The van der Waals surface area contributed by atoms with Gasteiger partial charge in [0.25, 0.3) is 0 Å². The standard InChI is InChI=1S/C18H20O2/c1-17(2)10-9-15(20)18(3)14(17)11-13(19)16(18)12-7-5-4-6-8-12/h4-8,11,16H,9-10H2,1-3H3/t16-,18+/m1/s1. The molecule has 1 saturated carbocycles. The Bertz CT molecular complexity index is 610. The van der Waals surface area contributed by atoms with Gasteiger partial charge in [0.15, 0.2) is 5.78 Å². The van der Waals surface area contributed by atoms with Crippen LogP contribution in [0.3, 0.4) is 0 Å². The third-order valence-electron chi connectivity index (χ3n) is 5.13. The maximum absolute atomic E-state index is 12.6. The highest BCUT2D eigenvalue weighted by molar-refractivity contribution is 6.08. The molecule has 0 radical (unpaired) electrons. The Morgan fingerprint density at radius 1 is 1.05 bits per heavy atom. The minimum atomic E-state index is -0.653. The quantitative estimate of drug-likeness (QED) is 0.778. The molecule has 0 saturated heterocycles. The summed E-state index contributed by atoms with van der Waals surface area (Å²) in [5.74, 6) is -0.0504. The van der Waals surface area contributed by atoms with Crippen LogP contribution in [0, 0.1) is 10.8 Å². The zero-order valence-electron chi connectivity index (χ0n) is 12.3. The average molecular weight is 268 g/mol. The van der Waals surface area contributed by atoms with Crippen molar-refractivity contribution in [2.75, 3.05) is 0 Å². The van der Waals surface area contributed by atoms with Crippen molar-refractivity contribution in [1.29, 1.82) is 0 Å². The minimum absolute atomic E-state index is 0.0676. The smallest absolute Gasteiger partial charge is 0.164 e. The molecular weight excluding hydrogens is 248 g/mol. The van der Waals surface area contributed by atoms with E-state index in [1.807, 2.05) is 37.3 Å². The number of ketones is 2. The molecule has 2 aliphatic carbocycles. The van der Waals surface area contributed by atoms with Gasteiger partial charge in [0.1, 0.15) is 5.78 Å². The Morgan fingerprint density at radius 3 is 2.35 bits per heavy atom. The number of hydrogen-bond acceptors (Lipinski definition) is 2. The number of hydrogen-bond donors (Lipinski definition) is 0. The molecule has 0 aliphatic heterocycles. The Balaban J connectivity index is 2.16. The predicted molar refractivity (Wildman–Crippen MR) is 78.4 cm³/mol. The molecule has 104 valence electrons. The van der Waals surface area contributed by atoms with E-state index in [4.69, 9.17) is 0 Å². The molecule has 0 unspecified atom stereocenters. The predicted octanol–water partition coefficient (Wildman–Crippen LogP) is 3.67. The van der Waals surface area contributed by atoms with Crippen molar-refractivity contribution in [3.8, 4) is 0 Å². The molecule has 0 bridgehead atoms. The second kappa shape index (κ2) is 4.15. The Hall–Kier alpha value is -1.70. The fourth-order valence-electron chi connectivity index (χ4n) is 3.99. The van der Waals surface area contributed by atoms with E-state index >= 15 is 0 Å². The first-order valence-corrected chi connectivity index (χ1v) is 7.22. The Labute approximate surface area is 119 Å². The lowest BCUT2D eigenvalue weighted by Crippen LogP contribution is -2.43. The monoisotopic (exact) mass is 268 g/mol. The lowest BCUT2D eigenvalue weighted by molar-refractivity contribution is -0.132. The van der Waals surface area contributed by atoms with Gasteiger partial charge in [-0.05, 0) is 36.0 Å². The van der Waals surface area contributed by atoms with E-state index in [1.165, 1.54) is 0 Å². The highest BCUT2D eigenvalue weighted by Crippen LogP contribution is 2.58. The first kappa shape index (κ1) is 13.3. The van der Waals surface area contributed by atoms with Gasteiger partial charge in [0, 0.05) is 6.42 Å². The van der Waals surface area contributed by atoms with Crippen LogP contribution in [0.4, 0.5) is 0 Å². The van der Waals surface area contributed by atoms with Gasteiger partial charge in [0.2, 0.25) is 0 Å². The van der Waals surface area contributed by atoms with Crippen LogP contribution in [0.2, 0.25) is 0 Å². The van der Waals surface area contributed by atoms with Gasteiger partial charge in [-0.1, -0.05) is 44.2 Å². The summed E-state index contributed by atoms with van der Waals surface area (Å²) < 4.78 is 0. The summed E-state index contributed by atoms with van der Waals surface area (Å²) in [5, 5.41) is 0. The van der Waals surface area contributed by atoms with Crippen molar-refractivity contribution < 1.29 is 9.59 Å². The summed E-state index contributed by atoms with van der Waals surface area (Å²) in [5.41, 5.74) is 1.26. The summed E-state index contributed by atoms with van der Waals surface area (Å²) in [6.07, 6.45) is 3.15. The Morgan fingerprint density at radius 2 is 1.70 bits per heavy atom. The van der Waals surface area contributed by atoms with Gasteiger partial charge >= 0.3 is 0 Å². The fraction of sp³-hybridized carbons (Fsp3) is 0.444. The molecule has 0 amide bonds. The molecule has 20 heavy (non-hydrogen) atoms. The molecule has 0 heterocycles. The normalized spacial score (nSPS) is 31.9. The van der Waals surface area contributed by atoms with E-state index in [2.05, 4.69) is 13.8 Å².